The molecule has 1 aromatic rings. The second-order valence-electron chi connectivity index (χ2n) is 4.23. The van der Waals surface area contributed by atoms with E-state index in [1.54, 1.807) is 6.07 Å². The van der Waals surface area contributed by atoms with E-state index < -0.39 is 10.0 Å². The molecule has 0 aliphatic carbocycles. The summed E-state index contributed by atoms with van der Waals surface area (Å²) in [5.41, 5.74) is 6.12. The quantitative estimate of drug-likeness (QED) is 0.655. The van der Waals surface area contributed by atoms with E-state index in [0.717, 1.165) is 0 Å². The van der Waals surface area contributed by atoms with Gasteiger partial charge in [0.15, 0.2) is 0 Å². The first-order chi connectivity index (χ1) is 7.86. The molecule has 1 unspecified atom stereocenters. The maximum absolute atomic E-state index is 11.9. The number of nitrogens with one attached hydrogen (secondary N) is 2. The van der Waals surface area contributed by atoms with Gasteiger partial charge in [0.1, 0.15) is 0 Å². The molecule has 1 aromatic heterocycles. The van der Waals surface area contributed by atoms with Crippen molar-refractivity contribution >= 4 is 10.0 Å². The standard InChI is InChI=1S/C10H20N4O2S/c1-8(14(2)3)6-13-17(15,16)10-4-9(5-11)12-7-10/h4,7-8,12-13H,5-6,11H2,1-3H3. The summed E-state index contributed by atoms with van der Waals surface area (Å²) in [5, 5.41) is 0. The highest BCUT2D eigenvalue weighted by Crippen LogP contribution is 2.10. The van der Waals surface area contributed by atoms with E-state index in [4.69, 9.17) is 5.73 Å². The second kappa shape index (κ2) is 5.63. The molecule has 1 heterocycles. The van der Waals surface area contributed by atoms with Gasteiger partial charge in [-0.2, -0.15) is 0 Å². The van der Waals surface area contributed by atoms with Gasteiger partial charge in [-0.1, -0.05) is 0 Å². The molecule has 0 fully saturated rings. The number of nitrogens with two attached hydrogens (primary N) is 1. The maximum Gasteiger partial charge on any atom is 0.242 e. The first-order valence-corrected chi connectivity index (χ1v) is 6.88. The van der Waals surface area contributed by atoms with Crippen LogP contribution in [0.25, 0.3) is 0 Å². The Hall–Kier alpha value is -0.890. The number of aromatic nitrogens is 1. The summed E-state index contributed by atoms with van der Waals surface area (Å²) in [6, 6.07) is 1.68. The summed E-state index contributed by atoms with van der Waals surface area (Å²) >= 11 is 0. The third-order valence-corrected chi connectivity index (χ3v) is 4.10. The van der Waals surface area contributed by atoms with Gasteiger partial charge < -0.3 is 15.6 Å². The third kappa shape index (κ3) is 3.81. The van der Waals surface area contributed by atoms with Crippen LogP contribution in [-0.2, 0) is 16.6 Å². The molecule has 0 amide bonds. The minimum absolute atomic E-state index is 0.137. The minimum atomic E-state index is -3.44. The van der Waals surface area contributed by atoms with Crippen LogP contribution in [-0.4, -0.2) is 45.0 Å². The summed E-state index contributed by atoms with van der Waals surface area (Å²) < 4.78 is 26.4. The lowest BCUT2D eigenvalue weighted by atomic mass is 10.3. The van der Waals surface area contributed by atoms with Crippen LogP contribution >= 0.6 is 0 Å². The van der Waals surface area contributed by atoms with Crippen molar-refractivity contribution in [2.24, 2.45) is 5.73 Å². The molecule has 0 saturated carbocycles. The van der Waals surface area contributed by atoms with Crippen molar-refractivity contribution in [2.45, 2.75) is 24.4 Å². The Kier molecular flexibility index (Phi) is 4.70. The number of aromatic amines is 1. The van der Waals surface area contributed by atoms with Crippen molar-refractivity contribution in [1.82, 2.24) is 14.6 Å². The number of hydrogen-bond acceptors (Lipinski definition) is 4. The van der Waals surface area contributed by atoms with E-state index >= 15 is 0 Å². The van der Waals surface area contributed by atoms with Gasteiger partial charge in [0.25, 0.3) is 0 Å². The Labute approximate surface area is 102 Å². The smallest absolute Gasteiger partial charge is 0.242 e. The van der Waals surface area contributed by atoms with Crippen LogP contribution in [0.5, 0.6) is 0 Å². The predicted octanol–water partition coefficient (Wildman–Crippen LogP) is -0.298. The normalized spacial score (nSPS) is 14.2. The van der Waals surface area contributed by atoms with E-state index in [0.29, 0.717) is 18.8 Å². The van der Waals surface area contributed by atoms with Crippen LogP contribution in [0.2, 0.25) is 0 Å². The number of sulfonamides is 1. The van der Waals surface area contributed by atoms with Gasteiger partial charge in [-0.25, -0.2) is 13.1 Å². The topological polar surface area (TPSA) is 91.2 Å². The average molecular weight is 260 g/mol. The lowest BCUT2D eigenvalue weighted by molar-refractivity contribution is 0.314. The Morgan fingerprint density at radius 1 is 1.53 bits per heavy atom. The van der Waals surface area contributed by atoms with Crippen molar-refractivity contribution in [3.63, 3.8) is 0 Å². The lowest BCUT2D eigenvalue weighted by Crippen LogP contribution is -2.38. The Bertz CT molecular complexity index is 453. The van der Waals surface area contributed by atoms with E-state index in [2.05, 4.69) is 9.71 Å². The Balaban J connectivity index is 2.69. The number of H-pyrrole nitrogens is 1. The molecule has 0 bridgehead atoms. The molecule has 17 heavy (non-hydrogen) atoms. The summed E-state index contributed by atoms with van der Waals surface area (Å²) in [6.07, 6.45) is 1.45. The van der Waals surface area contributed by atoms with Crippen LogP contribution < -0.4 is 10.5 Å². The molecular formula is C10H20N4O2S. The first kappa shape index (κ1) is 14.2. The van der Waals surface area contributed by atoms with Gasteiger partial charge >= 0.3 is 0 Å². The largest absolute Gasteiger partial charge is 0.363 e. The molecule has 0 aromatic carbocycles. The van der Waals surface area contributed by atoms with E-state index in [1.807, 2.05) is 25.9 Å². The fraction of sp³-hybridized carbons (Fsp3) is 0.600. The molecular weight excluding hydrogens is 240 g/mol. The van der Waals surface area contributed by atoms with Gasteiger partial charge in [0.2, 0.25) is 10.0 Å². The molecule has 6 nitrogen and oxygen atoms in total. The highest BCUT2D eigenvalue weighted by molar-refractivity contribution is 7.89. The molecule has 7 heteroatoms. The molecule has 0 radical (unpaired) electrons. The van der Waals surface area contributed by atoms with Crippen LogP contribution in [0.1, 0.15) is 12.6 Å². The molecule has 0 aliphatic rings. The fourth-order valence-corrected chi connectivity index (χ4v) is 2.33. The van der Waals surface area contributed by atoms with Crippen LogP contribution in [0, 0.1) is 0 Å². The number of likely N-dealkylation sites (N-methyl/N-ethyl adjacent to an activating group) is 1. The summed E-state index contributed by atoms with van der Waals surface area (Å²) in [5.74, 6) is 0. The predicted molar refractivity (Wildman–Crippen MR) is 67.0 cm³/mol. The molecule has 0 aliphatic heterocycles. The fourth-order valence-electron chi connectivity index (χ4n) is 1.19. The Morgan fingerprint density at radius 2 is 2.18 bits per heavy atom. The van der Waals surface area contributed by atoms with Crippen LogP contribution in [0.4, 0.5) is 0 Å². The van der Waals surface area contributed by atoms with Crippen LogP contribution in [0.3, 0.4) is 0 Å². The molecule has 98 valence electrons. The average Bonchev–Trinajstić information content (AvgIpc) is 2.75. The Morgan fingerprint density at radius 3 is 2.65 bits per heavy atom. The third-order valence-electron chi connectivity index (χ3n) is 2.70. The summed E-state index contributed by atoms with van der Waals surface area (Å²) in [7, 11) is 0.368. The zero-order valence-corrected chi connectivity index (χ0v) is 11.2. The van der Waals surface area contributed by atoms with Gasteiger partial charge in [0, 0.05) is 31.0 Å². The van der Waals surface area contributed by atoms with Gasteiger partial charge in [-0.15, -0.1) is 0 Å². The highest BCUT2D eigenvalue weighted by atomic mass is 32.2. The van der Waals surface area contributed by atoms with Crippen LogP contribution in [0.15, 0.2) is 17.2 Å². The maximum atomic E-state index is 11.9. The van der Waals surface area contributed by atoms with E-state index in [9.17, 15) is 8.42 Å². The van der Waals surface area contributed by atoms with Gasteiger partial charge in [-0.05, 0) is 27.1 Å². The number of rotatable bonds is 6. The lowest BCUT2D eigenvalue weighted by Gasteiger charge is -2.19. The first-order valence-electron chi connectivity index (χ1n) is 5.40. The molecule has 1 atom stereocenters. The minimum Gasteiger partial charge on any atom is -0.363 e. The molecule has 4 N–H and O–H groups in total. The monoisotopic (exact) mass is 260 g/mol. The summed E-state index contributed by atoms with van der Waals surface area (Å²) in [4.78, 5) is 4.99. The second-order valence-corrected chi connectivity index (χ2v) is 6.00. The highest BCUT2D eigenvalue weighted by Gasteiger charge is 2.17. The van der Waals surface area contributed by atoms with E-state index in [-0.39, 0.29) is 10.9 Å². The zero-order valence-electron chi connectivity index (χ0n) is 10.4. The molecule has 0 saturated heterocycles. The number of hydrogen-bond donors (Lipinski definition) is 3. The van der Waals surface area contributed by atoms with Gasteiger partial charge in [-0.3, -0.25) is 0 Å². The van der Waals surface area contributed by atoms with Gasteiger partial charge in [0.05, 0.1) is 4.90 Å². The van der Waals surface area contributed by atoms with Crippen molar-refractivity contribution in [1.29, 1.82) is 0 Å². The zero-order chi connectivity index (χ0) is 13.1. The SMILES string of the molecule is CC(CNS(=O)(=O)c1c[nH]c(CN)c1)N(C)C. The molecule has 0 spiro atoms. The summed E-state index contributed by atoms with van der Waals surface area (Å²) in [6.45, 7) is 2.62. The van der Waals surface area contributed by atoms with Crippen molar-refractivity contribution in [3.8, 4) is 0 Å². The molecule has 1 rings (SSSR count). The van der Waals surface area contributed by atoms with Crippen molar-refractivity contribution in [3.05, 3.63) is 18.0 Å². The van der Waals surface area contributed by atoms with Crippen molar-refractivity contribution in [2.75, 3.05) is 20.6 Å². The van der Waals surface area contributed by atoms with Crippen molar-refractivity contribution < 1.29 is 8.42 Å². The number of nitrogens with zero attached hydrogens (tertiary/aromatic N) is 1. The van der Waals surface area contributed by atoms with E-state index in [1.165, 1.54) is 6.20 Å².